The molecule has 0 aliphatic carbocycles. The zero-order valence-corrected chi connectivity index (χ0v) is 10.3. The van der Waals surface area contributed by atoms with Crippen molar-refractivity contribution in [1.29, 1.82) is 0 Å². The molecule has 0 aromatic carbocycles. The predicted molar refractivity (Wildman–Crippen MR) is 67.5 cm³/mol. The van der Waals surface area contributed by atoms with Crippen LogP contribution in [0.2, 0.25) is 0 Å². The van der Waals surface area contributed by atoms with Crippen LogP contribution in [0.4, 0.5) is 0 Å². The molecule has 92 valence electrons. The molecule has 0 saturated carbocycles. The summed E-state index contributed by atoms with van der Waals surface area (Å²) in [7, 11) is 0. The molecule has 2 atom stereocenters. The Morgan fingerprint density at radius 2 is 2.06 bits per heavy atom. The molecule has 4 N–H and O–H groups in total. The zero-order valence-electron chi connectivity index (χ0n) is 9.47. The normalized spacial score (nSPS) is 24.6. The summed E-state index contributed by atoms with van der Waals surface area (Å²) in [6.07, 6.45) is -1.24. The molecule has 1 saturated heterocycles. The fraction of sp³-hybridized carbons (Fsp3) is 0.500. The van der Waals surface area contributed by atoms with Gasteiger partial charge in [0.1, 0.15) is 0 Å². The minimum Gasteiger partial charge on any atom is -0.389 e. The number of hydrogen-bond donors (Lipinski definition) is 3. The summed E-state index contributed by atoms with van der Waals surface area (Å²) in [6.45, 7) is 2.19. The first kappa shape index (κ1) is 12.6. The van der Waals surface area contributed by atoms with E-state index in [-0.39, 0.29) is 0 Å². The van der Waals surface area contributed by atoms with E-state index in [1.807, 2.05) is 17.0 Å². The highest BCUT2D eigenvalue weighted by atomic mass is 32.1. The van der Waals surface area contributed by atoms with Gasteiger partial charge in [0.2, 0.25) is 0 Å². The molecule has 0 amide bonds. The van der Waals surface area contributed by atoms with E-state index in [2.05, 4.69) is 11.8 Å². The minimum absolute atomic E-state index is 0.373. The molecule has 17 heavy (non-hydrogen) atoms. The fourth-order valence-electron chi connectivity index (χ4n) is 1.86. The Kier molecular flexibility index (Phi) is 4.15. The number of β-amino-alcohol motifs (C(OH)–C–C–N with tert-alkyl or cyclic N) is 2. The van der Waals surface area contributed by atoms with Crippen molar-refractivity contribution in [3.8, 4) is 11.8 Å². The van der Waals surface area contributed by atoms with Gasteiger partial charge in [-0.2, -0.15) is 0 Å². The Hall–Kier alpha value is -0.900. The van der Waals surface area contributed by atoms with Crippen molar-refractivity contribution in [2.24, 2.45) is 5.73 Å². The quantitative estimate of drug-likeness (QED) is 0.626. The molecule has 5 heteroatoms. The molecule has 0 bridgehead atoms. The van der Waals surface area contributed by atoms with Gasteiger partial charge in [0, 0.05) is 24.5 Å². The highest BCUT2D eigenvalue weighted by Crippen LogP contribution is 2.20. The lowest BCUT2D eigenvalue weighted by Gasteiger charge is -2.12. The number of nitrogens with zero attached hydrogens (tertiary/aromatic N) is 1. The number of aliphatic hydroxyl groups is 2. The Morgan fingerprint density at radius 3 is 2.71 bits per heavy atom. The van der Waals surface area contributed by atoms with E-state index >= 15 is 0 Å². The van der Waals surface area contributed by atoms with Crippen LogP contribution in [0.5, 0.6) is 0 Å². The number of hydrogen-bond acceptors (Lipinski definition) is 5. The van der Waals surface area contributed by atoms with E-state index < -0.39 is 12.2 Å². The molecule has 0 spiro atoms. The summed E-state index contributed by atoms with van der Waals surface area (Å²) in [4.78, 5) is 4.24. The van der Waals surface area contributed by atoms with E-state index in [0.29, 0.717) is 19.6 Å². The van der Waals surface area contributed by atoms with Crippen molar-refractivity contribution in [2.45, 2.75) is 18.8 Å². The van der Waals surface area contributed by atoms with E-state index in [0.717, 1.165) is 11.4 Å². The van der Waals surface area contributed by atoms with Crippen LogP contribution in [0.25, 0.3) is 0 Å². The minimum atomic E-state index is -0.619. The average molecular weight is 252 g/mol. The third kappa shape index (κ3) is 3.28. The molecule has 1 aromatic heterocycles. The van der Waals surface area contributed by atoms with E-state index in [1.165, 1.54) is 4.88 Å². The van der Waals surface area contributed by atoms with Crippen molar-refractivity contribution in [1.82, 2.24) is 4.90 Å². The maximum atomic E-state index is 9.44. The third-order valence-corrected chi connectivity index (χ3v) is 3.67. The second-order valence-electron chi connectivity index (χ2n) is 4.10. The van der Waals surface area contributed by atoms with Crippen LogP contribution in [0.1, 0.15) is 9.75 Å². The maximum absolute atomic E-state index is 9.44. The number of likely N-dealkylation sites (tertiary alicyclic amines) is 1. The number of thiophene rings is 1. The molecule has 2 rings (SSSR count). The van der Waals surface area contributed by atoms with Crippen LogP contribution in [-0.2, 0) is 6.54 Å². The van der Waals surface area contributed by atoms with Crippen molar-refractivity contribution in [3.05, 3.63) is 21.9 Å². The average Bonchev–Trinajstić information content (AvgIpc) is 2.85. The Morgan fingerprint density at radius 1 is 1.35 bits per heavy atom. The molecule has 2 heterocycles. The second-order valence-corrected chi connectivity index (χ2v) is 5.27. The maximum Gasteiger partial charge on any atom is 0.0938 e. The Bertz CT molecular complexity index is 425. The van der Waals surface area contributed by atoms with Gasteiger partial charge >= 0.3 is 0 Å². The van der Waals surface area contributed by atoms with Gasteiger partial charge < -0.3 is 15.9 Å². The van der Waals surface area contributed by atoms with Gasteiger partial charge in [-0.15, -0.1) is 11.3 Å². The molecular weight excluding hydrogens is 236 g/mol. The molecule has 4 nitrogen and oxygen atoms in total. The number of nitrogens with two attached hydrogens (primary N) is 1. The summed E-state index contributed by atoms with van der Waals surface area (Å²) in [5, 5.41) is 18.9. The standard InChI is InChI=1S/C12H16N2O2S/c13-5-1-2-9-3-4-10(17-9)6-14-7-11(15)12(16)8-14/h3-4,11-12,15-16H,5-8,13H2. The summed E-state index contributed by atoms with van der Waals surface area (Å²) in [5.74, 6) is 5.81. The van der Waals surface area contributed by atoms with Gasteiger partial charge in [0.15, 0.2) is 0 Å². The van der Waals surface area contributed by atoms with Crippen LogP contribution >= 0.6 is 11.3 Å². The first-order valence-electron chi connectivity index (χ1n) is 5.55. The Balaban J connectivity index is 1.93. The van der Waals surface area contributed by atoms with E-state index in [4.69, 9.17) is 5.73 Å². The third-order valence-electron chi connectivity index (χ3n) is 2.69. The molecular formula is C12H16N2O2S. The van der Waals surface area contributed by atoms with Gasteiger partial charge in [-0.1, -0.05) is 11.8 Å². The molecule has 1 aliphatic rings. The second kappa shape index (κ2) is 5.63. The molecule has 1 fully saturated rings. The number of rotatable bonds is 2. The zero-order chi connectivity index (χ0) is 12.3. The van der Waals surface area contributed by atoms with Crippen LogP contribution in [0.3, 0.4) is 0 Å². The van der Waals surface area contributed by atoms with E-state index in [9.17, 15) is 10.2 Å². The SMILES string of the molecule is NCC#Cc1ccc(CN2CC(O)C(O)C2)s1. The fourth-order valence-corrected chi connectivity index (χ4v) is 2.79. The molecule has 2 unspecified atom stereocenters. The summed E-state index contributed by atoms with van der Waals surface area (Å²) in [6, 6.07) is 4.01. The summed E-state index contributed by atoms with van der Waals surface area (Å²) in [5.41, 5.74) is 5.31. The van der Waals surface area contributed by atoms with Gasteiger partial charge in [-0.05, 0) is 12.1 Å². The van der Waals surface area contributed by atoms with E-state index in [1.54, 1.807) is 11.3 Å². The van der Waals surface area contributed by atoms with Gasteiger partial charge in [0.25, 0.3) is 0 Å². The first-order chi connectivity index (χ1) is 8.19. The van der Waals surface area contributed by atoms with Crippen molar-refractivity contribution < 1.29 is 10.2 Å². The van der Waals surface area contributed by atoms with Crippen molar-refractivity contribution in [2.75, 3.05) is 19.6 Å². The molecule has 0 radical (unpaired) electrons. The lowest BCUT2D eigenvalue weighted by Crippen LogP contribution is -2.22. The summed E-state index contributed by atoms with van der Waals surface area (Å²) < 4.78 is 0. The Labute approximate surface area is 105 Å². The van der Waals surface area contributed by atoms with Crippen LogP contribution < -0.4 is 5.73 Å². The van der Waals surface area contributed by atoms with Crippen LogP contribution in [-0.4, -0.2) is 47.0 Å². The topological polar surface area (TPSA) is 69.7 Å². The van der Waals surface area contributed by atoms with Crippen LogP contribution in [0.15, 0.2) is 12.1 Å². The largest absolute Gasteiger partial charge is 0.389 e. The molecule has 1 aliphatic heterocycles. The van der Waals surface area contributed by atoms with Crippen molar-refractivity contribution in [3.63, 3.8) is 0 Å². The van der Waals surface area contributed by atoms with Gasteiger partial charge in [-0.25, -0.2) is 0 Å². The van der Waals surface area contributed by atoms with Crippen molar-refractivity contribution >= 4 is 11.3 Å². The predicted octanol–water partition coefficient (Wildman–Crippen LogP) is -0.404. The van der Waals surface area contributed by atoms with Gasteiger partial charge in [-0.3, -0.25) is 4.90 Å². The highest BCUT2D eigenvalue weighted by Gasteiger charge is 2.29. The van der Waals surface area contributed by atoms with Crippen LogP contribution in [0, 0.1) is 11.8 Å². The molecule has 1 aromatic rings. The summed E-state index contributed by atoms with van der Waals surface area (Å²) >= 11 is 1.63. The first-order valence-corrected chi connectivity index (χ1v) is 6.37. The highest BCUT2D eigenvalue weighted by molar-refractivity contribution is 7.12. The lowest BCUT2D eigenvalue weighted by molar-refractivity contribution is 0.0572. The lowest BCUT2D eigenvalue weighted by atomic mass is 10.3. The smallest absolute Gasteiger partial charge is 0.0938 e. The monoisotopic (exact) mass is 252 g/mol. The van der Waals surface area contributed by atoms with Gasteiger partial charge in [0.05, 0.1) is 23.6 Å². The number of aliphatic hydroxyl groups excluding tert-OH is 2.